The summed E-state index contributed by atoms with van der Waals surface area (Å²) in [6.07, 6.45) is 4.48. The van der Waals surface area contributed by atoms with Crippen molar-refractivity contribution < 1.29 is 9.50 Å². The van der Waals surface area contributed by atoms with Crippen LogP contribution < -0.4 is 0 Å². The lowest BCUT2D eigenvalue weighted by Gasteiger charge is -2.38. The first kappa shape index (κ1) is 12.6. The van der Waals surface area contributed by atoms with Gasteiger partial charge in [0.25, 0.3) is 0 Å². The number of halogens is 1. The molecule has 0 aromatic heterocycles. The Hall–Kier alpha value is -0.890. The molecule has 0 radical (unpaired) electrons. The maximum Gasteiger partial charge on any atom is 0.123 e. The molecule has 3 unspecified atom stereocenters. The highest BCUT2D eigenvalue weighted by Gasteiger charge is 2.36. The van der Waals surface area contributed by atoms with Crippen LogP contribution in [0.2, 0.25) is 0 Å². The molecular formula is C15H21FO. The minimum atomic E-state index is -0.906. The van der Waals surface area contributed by atoms with E-state index in [2.05, 4.69) is 6.92 Å². The summed E-state index contributed by atoms with van der Waals surface area (Å²) in [5.41, 5.74) is -0.201. The molecule has 1 nitrogen and oxygen atoms in total. The van der Waals surface area contributed by atoms with Crippen molar-refractivity contribution in [2.45, 2.75) is 45.1 Å². The third-order valence-electron chi connectivity index (χ3n) is 4.14. The topological polar surface area (TPSA) is 20.2 Å². The van der Waals surface area contributed by atoms with Gasteiger partial charge in [0.05, 0.1) is 5.60 Å². The fraction of sp³-hybridized carbons (Fsp3) is 0.600. The largest absolute Gasteiger partial charge is 0.385 e. The van der Waals surface area contributed by atoms with E-state index in [1.807, 2.05) is 13.0 Å². The zero-order valence-corrected chi connectivity index (χ0v) is 10.6. The summed E-state index contributed by atoms with van der Waals surface area (Å²) < 4.78 is 13.2. The van der Waals surface area contributed by atoms with Crippen molar-refractivity contribution in [2.75, 3.05) is 0 Å². The highest BCUT2D eigenvalue weighted by atomic mass is 19.1. The first-order chi connectivity index (χ1) is 8.00. The van der Waals surface area contributed by atoms with Crippen molar-refractivity contribution in [3.63, 3.8) is 0 Å². The van der Waals surface area contributed by atoms with Gasteiger partial charge in [0.15, 0.2) is 0 Å². The van der Waals surface area contributed by atoms with Gasteiger partial charge in [0.2, 0.25) is 0 Å². The van der Waals surface area contributed by atoms with E-state index in [-0.39, 0.29) is 11.7 Å². The second-order valence-electron chi connectivity index (χ2n) is 5.63. The molecule has 1 aromatic rings. The van der Waals surface area contributed by atoms with Crippen molar-refractivity contribution >= 4 is 0 Å². The van der Waals surface area contributed by atoms with E-state index in [4.69, 9.17) is 0 Å². The van der Waals surface area contributed by atoms with Gasteiger partial charge in [0, 0.05) is 0 Å². The van der Waals surface area contributed by atoms with Gasteiger partial charge >= 0.3 is 0 Å². The van der Waals surface area contributed by atoms with E-state index < -0.39 is 5.60 Å². The Bertz CT molecular complexity index is 386. The van der Waals surface area contributed by atoms with Gasteiger partial charge in [-0.15, -0.1) is 0 Å². The molecule has 2 heteroatoms. The summed E-state index contributed by atoms with van der Waals surface area (Å²) in [5.74, 6) is 0.633. The molecule has 1 N–H and O–H groups in total. The Morgan fingerprint density at radius 1 is 1.35 bits per heavy atom. The lowest BCUT2D eigenvalue weighted by Crippen LogP contribution is -2.35. The van der Waals surface area contributed by atoms with E-state index in [9.17, 15) is 9.50 Å². The van der Waals surface area contributed by atoms with Crippen LogP contribution in [0.25, 0.3) is 0 Å². The van der Waals surface area contributed by atoms with Crippen molar-refractivity contribution in [2.24, 2.45) is 11.8 Å². The van der Waals surface area contributed by atoms with Crippen LogP contribution in [0.15, 0.2) is 24.3 Å². The van der Waals surface area contributed by atoms with Gasteiger partial charge in [-0.3, -0.25) is 0 Å². The number of hydrogen-bond acceptors (Lipinski definition) is 1. The molecule has 1 aliphatic carbocycles. The Labute approximate surface area is 103 Å². The van der Waals surface area contributed by atoms with Gasteiger partial charge in [-0.05, 0) is 49.3 Å². The molecule has 0 saturated heterocycles. The predicted octanol–water partition coefficient (Wildman–Crippen LogP) is 3.86. The summed E-state index contributed by atoms with van der Waals surface area (Å²) in [7, 11) is 0. The maximum absolute atomic E-state index is 13.2. The van der Waals surface area contributed by atoms with Crippen molar-refractivity contribution in [3.8, 4) is 0 Å². The highest BCUT2D eigenvalue weighted by molar-refractivity contribution is 5.23. The quantitative estimate of drug-likeness (QED) is 0.826. The molecule has 1 fully saturated rings. The van der Waals surface area contributed by atoms with Crippen LogP contribution in [0, 0.1) is 17.7 Å². The lowest BCUT2D eigenvalue weighted by atomic mass is 9.71. The van der Waals surface area contributed by atoms with E-state index in [1.165, 1.54) is 18.6 Å². The molecular weight excluding hydrogens is 215 g/mol. The van der Waals surface area contributed by atoms with Crippen LogP contribution in [0.4, 0.5) is 4.39 Å². The molecule has 0 amide bonds. The van der Waals surface area contributed by atoms with Gasteiger partial charge in [-0.1, -0.05) is 31.9 Å². The monoisotopic (exact) mass is 236 g/mol. The molecule has 3 atom stereocenters. The number of rotatable bonds is 2. The predicted molar refractivity (Wildman–Crippen MR) is 67.1 cm³/mol. The van der Waals surface area contributed by atoms with E-state index in [0.29, 0.717) is 11.5 Å². The standard InChI is InChI=1S/C15H21FO/c1-11-5-3-6-12(9-11)15(2,17)13-7-4-8-14(16)10-13/h4,7-8,10-12,17H,3,5-6,9H2,1-2H3. The molecule has 1 aliphatic rings. The van der Waals surface area contributed by atoms with E-state index >= 15 is 0 Å². The molecule has 94 valence electrons. The second-order valence-corrected chi connectivity index (χ2v) is 5.63. The van der Waals surface area contributed by atoms with Crippen LogP contribution in [0.1, 0.15) is 45.1 Å². The fourth-order valence-electron chi connectivity index (χ4n) is 2.98. The summed E-state index contributed by atoms with van der Waals surface area (Å²) >= 11 is 0. The maximum atomic E-state index is 13.2. The van der Waals surface area contributed by atoms with E-state index in [1.54, 1.807) is 6.07 Å². The average Bonchev–Trinajstić information content (AvgIpc) is 2.29. The van der Waals surface area contributed by atoms with Crippen LogP contribution in [0.5, 0.6) is 0 Å². The molecule has 0 spiro atoms. The summed E-state index contributed by atoms with van der Waals surface area (Å²) in [5, 5.41) is 10.7. The van der Waals surface area contributed by atoms with Crippen LogP contribution >= 0.6 is 0 Å². The van der Waals surface area contributed by atoms with Crippen molar-refractivity contribution in [3.05, 3.63) is 35.6 Å². The molecule has 1 aromatic carbocycles. The van der Waals surface area contributed by atoms with Gasteiger partial charge in [-0.25, -0.2) is 4.39 Å². The van der Waals surface area contributed by atoms with E-state index in [0.717, 1.165) is 19.3 Å². The lowest BCUT2D eigenvalue weighted by molar-refractivity contribution is -0.0296. The third-order valence-corrected chi connectivity index (χ3v) is 4.14. The van der Waals surface area contributed by atoms with Crippen LogP contribution in [-0.2, 0) is 5.60 Å². The molecule has 0 bridgehead atoms. The zero-order valence-electron chi connectivity index (χ0n) is 10.6. The fourth-order valence-corrected chi connectivity index (χ4v) is 2.98. The van der Waals surface area contributed by atoms with Gasteiger partial charge < -0.3 is 5.11 Å². The SMILES string of the molecule is CC1CCCC(C(C)(O)c2cccc(F)c2)C1. The third kappa shape index (κ3) is 2.68. The van der Waals surface area contributed by atoms with Crippen LogP contribution in [0.3, 0.4) is 0 Å². The summed E-state index contributed by atoms with van der Waals surface area (Å²) in [6.45, 7) is 4.05. The minimum absolute atomic E-state index is 0.244. The average molecular weight is 236 g/mol. The molecule has 1 saturated carbocycles. The number of hydrogen-bond donors (Lipinski definition) is 1. The first-order valence-electron chi connectivity index (χ1n) is 6.48. The molecule has 2 rings (SSSR count). The minimum Gasteiger partial charge on any atom is -0.385 e. The van der Waals surface area contributed by atoms with Gasteiger partial charge in [0.1, 0.15) is 5.82 Å². The van der Waals surface area contributed by atoms with Crippen LogP contribution in [-0.4, -0.2) is 5.11 Å². The summed E-state index contributed by atoms with van der Waals surface area (Å²) in [4.78, 5) is 0. The Kier molecular flexibility index (Phi) is 3.53. The number of aliphatic hydroxyl groups is 1. The number of benzene rings is 1. The summed E-state index contributed by atoms with van der Waals surface area (Å²) in [6, 6.07) is 6.37. The zero-order chi connectivity index (χ0) is 12.5. The smallest absolute Gasteiger partial charge is 0.123 e. The Balaban J connectivity index is 2.22. The Morgan fingerprint density at radius 3 is 2.76 bits per heavy atom. The van der Waals surface area contributed by atoms with Crippen molar-refractivity contribution in [1.82, 2.24) is 0 Å². The first-order valence-corrected chi connectivity index (χ1v) is 6.48. The second kappa shape index (κ2) is 4.77. The molecule has 0 aliphatic heterocycles. The van der Waals surface area contributed by atoms with Crippen molar-refractivity contribution in [1.29, 1.82) is 0 Å². The Morgan fingerprint density at radius 2 is 2.12 bits per heavy atom. The van der Waals surface area contributed by atoms with Gasteiger partial charge in [-0.2, -0.15) is 0 Å². The normalized spacial score (nSPS) is 28.7. The molecule has 0 heterocycles. The molecule has 17 heavy (non-hydrogen) atoms. The highest BCUT2D eigenvalue weighted by Crippen LogP contribution is 2.41.